The van der Waals surface area contributed by atoms with Gasteiger partial charge >= 0.3 is 5.97 Å². The topological polar surface area (TPSA) is 89.9 Å². The quantitative estimate of drug-likeness (QED) is 0.274. The minimum atomic E-state index is -1.02. The fraction of sp³-hybridized carbons (Fsp3) is 0.857. The molecule has 6 nitrogen and oxygen atoms in total. The smallest absolute Gasteiger partial charge is 0.305 e. The molecule has 0 bridgehead atoms. The number of hydrogen-bond acceptors (Lipinski definition) is 4. The number of aliphatic carboxylic acids is 1. The molecule has 0 aromatic heterocycles. The molecule has 20 heavy (non-hydrogen) atoms. The molecular weight excluding hydrogens is 260 g/mol. The number of unbranched alkanes of at least 4 members (excludes halogenated alkanes) is 4. The maximum atomic E-state index is 11.4. The van der Waals surface area contributed by atoms with E-state index in [1.807, 2.05) is 0 Å². The number of rotatable bonds is 13. The minimum Gasteiger partial charge on any atom is -0.481 e. The van der Waals surface area contributed by atoms with Crippen molar-refractivity contribution in [2.24, 2.45) is 0 Å². The molecular formula is C14H28N2O4. The van der Waals surface area contributed by atoms with E-state index in [1.165, 1.54) is 19.3 Å². The Morgan fingerprint density at radius 2 is 1.65 bits per heavy atom. The highest BCUT2D eigenvalue weighted by molar-refractivity contribution is 5.75. The molecule has 0 saturated heterocycles. The average Bonchev–Trinajstić information content (AvgIpc) is 2.42. The van der Waals surface area contributed by atoms with E-state index in [9.17, 15) is 14.8 Å². The predicted molar refractivity (Wildman–Crippen MR) is 76.6 cm³/mol. The van der Waals surface area contributed by atoms with Gasteiger partial charge in [-0.25, -0.2) is 5.06 Å². The first-order chi connectivity index (χ1) is 9.57. The van der Waals surface area contributed by atoms with Crippen molar-refractivity contribution in [2.45, 2.75) is 58.3 Å². The van der Waals surface area contributed by atoms with Crippen LogP contribution in [-0.4, -0.2) is 46.9 Å². The van der Waals surface area contributed by atoms with Crippen molar-refractivity contribution >= 4 is 11.9 Å². The number of carbonyl (C=O) groups is 2. The second-order valence-electron chi connectivity index (χ2n) is 4.93. The molecule has 0 atom stereocenters. The Morgan fingerprint density at radius 1 is 1.00 bits per heavy atom. The van der Waals surface area contributed by atoms with Crippen molar-refractivity contribution in [3.63, 3.8) is 0 Å². The standard InChI is InChI=1S/C14H28N2O4/c1-2-3-6-10-15-11-7-4-5-8-13(17)16(20)12-9-14(18)19/h15,20H,2-12H2,1H3,(H,18,19). The molecule has 0 saturated carbocycles. The highest BCUT2D eigenvalue weighted by atomic mass is 16.5. The van der Waals surface area contributed by atoms with Gasteiger partial charge in [0, 0.05) is 6.42 Å². The van der Waals surface area contributed by atoms with Gasteiger partial charge in [-0.05, 0) is 32.4 Å². The second kappa shape index (κ2) is 12.9. The van der Waals surface area contributed by atoms with E-state index in [0.717, 1.165) is 32.4 Å². The summed E-state index contributed by atoms with van der Waals surface area (Å²) in [4.78, 5) is 21.7. The monoisotopic (exact) mass is 288 g/mol. The fourth-order valence-corrected chi connectivity index (χ4v) is 1.78. The van der Waals surface area contributed by atoms with E-state index in [1.54, 1.807) is 0 Å². The van der Waals surface area contributed by atoms with E-state index in [4.69, 9.17) is 5.11 Å². The number of amides is 1. The Morgan fingerprint density at radius 3 is 2.25 bits per heavy atom. The van der Waals surface area contributed by atoms with Crippen LogP contribution >= 0.6 is 0 Å². The Labute approximate surface area is 121 Å². The third kappa shape index (κ3) is 11.9. The highest BCUT2D eigenvalue weighted by Crippen LogP contribution is 2.02. The van der Waals surface area contributed by atoms with Crippen molar-refractivity contribution in [3.05, 3.63) is 0 Å². The van der Waals surface area contributed by atoms with Crippen LogP contribution in [0.4, 0.5) is 0 Å². The molecule has 0 unspecified atom stereocenters. The number of nitrogens with zero attached hydrogens (tertiary/aromatic N) is 1. The molecule has 0 aliphatic rings. The van der Waals surface area contributed by atoms with Crippen molar-refractivity contribution in [2.75, 3.05) is 19.6 Å². The maximum absolute atomic E-state index is 11.4. The normalized spacial score (nSPS) is 10.5. The summed E-state index contributed by atoms with van der Waals surface area (Å²) in [5.74, 6) is -1.42. The van der Waals surface area contributed by atoms with Crippen molar-refractivity contribution in [1.29, 1.82) is 0 Å². The summed E-state index contributed by atoms with van der Waals surface area (Å²) in [5, 5.41) is 21.6. The van der Waals surface area contributed by atoms with E-state index < -0.39 is 11.9 Å². The number of carbonyl (C=O) groups excluding carboxylic acids is 1. The van der Waals surface area contributed by atoms with E-state index >= 15 is 0 Å². The zero-order valence-electron chi connectivity index (χ0n) is 12.4. The summed E-state index contributed by atoms with van der Waals surface area (Å²) >= 11 is 0. The molecule has 0 aliphatic heterocycles. The Hall–Kier alpha value is -1.14. The molecule has 118 valence electrons. The zero-order valence-corrected chi connectivity index (χ0v) is 12.4. The Balaban J connectivity index is 3.36. The van der Waals surface area contributed by atoms with Crippen LogP contribution in [0.1, 0.15) is 58.3 Å². The van der Waals surface area contributed by atoms with Crippen LogP contribution < -0.4 is 5.32 Å². The van der Waals surface area contributed by atoms with Gasteiger partial charge < -0.3 is 10.4 Å². The molecule has 0 aromatic rings. The van der Waals surface area contributed by atoms with Gasteiger partial charge in [-0.1, -0.05) is 26.2 Å². The van der Waals surface area contributed by atoms with Crippen molar-refractivity contribution < 1.29 is 19.9 Å². The molecule has 0 radical (unpaired) electrons. The lowest BCUT2D eigenvalue weighted by atomic mass is 10.2. The number of carboxylic acid groups (broad SMARTS) is 1. The summed E-state index contributed by atoms with van der Waals surface area (Å²) in [7, 11) is 0. The number of hydrogen-bond donors (Lipinski definition) is 3. The van der Waals surface area contributed by atoms with Crippen LogP contribution in [0.25, 0.3) is 0 Å². The second-order valence-corrected chi connectivity index (χ2v) is 4.93. The first kappa shape index (κ1) is 18.9. The molecule has 0 rings (SSSR count). The predicted octanol–water partition coefficient (Wildman–Crippen LogP) is 2.02. The van der Waals surface area contributed by atoms with Crippen LogP contribution in [0, 0.1) is 0 Å². The number of carboxylic acids is 1. The largest absolute Gasteiger partial charge is 0.481 e. The van der Waals surface area contributed by atoms with Gasteiger partial charge in [-0.15, -0.1) is 0 Å². The zero-order chi connectivity index (χ0) is 15.2. The first-order valence-electron chi connectivity index (χ1n) is 7.49. The number of hydroxylamine groups is 2. The van der Waals surface area contributed by atoms with Gasteiger partial charge in [-0.3, -0.25) is 14.8 Å². The highest BCUT2D eigenvalue weighted by Gasteiger charge is 2.11. The van der Waals surface area contributed by atoms with E-state index in [2.05, 4.69) is 12.2 Å². The molecule has 3 N–H and O–H groups in total. The van der Waals surface area contributed by atoms with Crippen LogP contribution in [0.15, 0.2) is 0 Å². The molecule has 6 heteroatoms. The summed E-state index contributed by atoms with van der Waals surface area (Å²) in [5.41, 5.74) is 0. The van der Waals surface area contributed by atoms with Crippen LogP contribution in [0.5, 0.6) is 0 Å². The van der Waals surface area contributed by atoms with Gasteiger partial charge in [0.25, 0.3) is 0 Å². The SMILES string of the molecule is CCCCCNCCCCCC(=O)N(O)CCC(=O)O. The lowest BCUT2D eigenvalue weighted by Crippen LogP contribution is -2.29. The lowest BCUT2D eigenvalue weighted by Gasteiger charge is -2.13. The summed E-state index contributed by atoms with van der Waals surface area (Å²) < 4.78 is 0. The first-order valence-corrected chi connectivity index (χ1v) is 7.49. The summed E-state index contributed by atoms with van der Waals surface area (Å²) in [6, 6.07) is 0. The van der Waals surface area contributed by atoms with Crippen LogP contribution in [0.2, 0.25) is 0 Å². The van der Waals surface area contributed by atoms with Gasteiger partial charge in [0.15, 0.2) is 0 Å². The molecule has 1 amide bonds. The maximum Gasteiger partial charge on any atom is 0.305 e. The summed E-state index contributed by atoms with van der Waals surface area (Å²) in [6.07, 6.45) is 6.39. The minimum absolute atomic E-state index is 0.146. The molecule has 0 heterocycles. The van der Waals surface area contributed by atoms with Gasteiger partial charge in [-0.2, -0.15) is 0 Å². The molecule has 0 spiro atoms. The van der Waals surface area contributed by atoms with Crippen molar-refractivity contribution in [3.8, 4) is 0 Å². The van der Waals surface area contributed by atoms with Crippen LogP contribution in [0.3, 0.4) is 0 Å². The Bertz CT molecular complexity index is 272. The van der Waals surface area contributed by atoms with Gasteiger partial charge in [0.2, 0.25) is 5.91 Å². The summed E-state index contributed by atoms with van der Waals surface area (Å²) in [6.45, 7) is 4.04. The third-order valence-corrected chi connectivity index (χ3v) is 3.03. The van der Waals surface area contributed by atoms with Crippen molar-refractivity contribution in [1.82, 2.24) is 10.4 Å². The Kier molecular flexibility index (Phi) is 12.1. The van der Waals surface area contributed by atoms with E-state index in [0.29, 0.717) is 5.06 Å². The number of nitrogens with one attached hydrogen (secondary N) is 1. The fourth-order valence-electron chi connectivity index (χ4n) is 1.78. The lowest BCUT2D eigenvalue weighted by molar-refractivity contribution is -0.167. The molecule has 0 aromatic carbocycles. The van der Waals surface area contributed by atoms with E-state index in [-0.39, 0.29) is 19.4 Å². The average molecular weight is 288 g/mol. The molecule has 0 fully saturated rings. The third-order valence-electron chi connectivity index (χ3n) is 3.03. The molecule has 0 aliphatic carbocycles. The van der Waals surface area contributed by atoms with Crippen LogP contribution in [-0.2, 0) is 9.59 Å². The van der Waals surface area contributed by atoms with Gasteiger partial charge in [0.05, 0.1) is 13.0 Å². The van der Waals surface area contributed by atoms with Gasteiger partial charge in [0.1, 0.15) is 0 Å².